The fraction of sp³-hybridized carbons (Fsp3) is 0.636. The van der Waals surface area contributed by atoms with E-state index in [1.165, 1.54) is 4.88 Å². The van der Waals surface area contributed by atoms with Crippen LogP contribution in [0.25, 0.3) is 0 Å². The number of nitrogens with zero attached hydrogens (tertiary/aromatic N) is 2. The molecule has 17 heavy (non-hydrogen) atoms. The SMILES string of the molecule is CCC(C)NC(N)=NCc1nc(C)sc1C.I. The van der Waals surface area contributed by atoms with Gasteiger partial charge < -0.3 is 11.1 Å². The Labute approximate surface area is 124 Å². The third-order valence-corrected chi connectivity index (χ3v) is 3.33. The summed E-state index contributed by atoms with van der Waals surface area (Å²) in [5.41, 5.74) is 6.79. The summed E-state index contributed by atoms with van der Waals surface area (Å²) in [7, 11) is 0. The van der Waals surface area contributed by atoms with E-state index in [9.17, 15) is 0 Å². The molecule has 6 heteroatoms. The van der Waals surface area contributed by atoms with Gasteiger partial charge in [-0.15, -0.1) is 35.3 Å². The molecule has 0 aliphatic heterocycles. The fourth-order valence-corrected chi connectivity index (χ4v) is 2.11. The van der Waals surface area contributed by atoms with Crippen LogP contribution in [0, 0.1) is 13.8 Å². The number of thiazole rings is 1. The summed E-state index contributed by atoms with van der Waals surface area (Å²) in [4.78, 5) is 9.91. The third kappa shape index (κ3) is 5.67. The van der Waals surface area contributed by atoms with E-state index in [1.807, 2.05) is 6.92 Å². The number of halogens is 1. The highest BCUT2D eigenvalue weighted by molar-refractivity contribution is 14.0. The summed E-state index contributed by atoms with van der Waals surface area (Å²) >= 11 is 1.70. The second-order valence-electron chi connectivity index (χ2n) is 3.89. The van der Waals surface area contributed by atoms with Gasteiger partial charge in [0.2, 0.25) is 0 Å². The summed E-state index contributed by atoms with van der Waals surface area (Å²) in [6.45, 7) is 8.82. The molecule has 0 saturated heterocycles. The summed E-state index contributed by atoms with van der Waals surface area (Å²) in [6.07, 6.45) is 1.03. The Kier molecular flexibility index (Phi) is 7.69. The molecule has 4 nitrogen and oxygen atoms in total. The number of hydrogen-bond acceptors (Lipinski definition) is 3. The van der Waals surface area contributed by atoms with Crippen LogP contribution in [0.2, 0.25) is 0 Å². The molecule has 0 bridgehead atoms. The minimum atomic E-state index is 0. The maximum Gasteiger partial charge on any atom is 0.189 e. The molecule has 98 valence electrons. The first-order valence-electron chi connectivity index (χ1n) is 5.52. The van der Waals surface area contributed by atoms with Gasteiger partial charge in [0.25, 0.3) is 0 Å². The van der Waals surface area contributed by atoms with Crippen molar-refractivity contribution in [2.45, 2.75) is 46.7 Å². The largest absolute Gasteiger partial charge is 0.370 e. The Morgan fingerprint density at radius 3 is 2.65 bits per heavy atom. The first-order valence-corrected chi connectivity index (χ1v) is 6.34. The number of aliphatic imine (C=N–C) groups is 1. The van der Waals surface area contributed by atoms with Gasteiger partial charge in [0.05, 0.1) is 17.2 Å². The number of guanidine groups is 1. The van der Waals surface area contributed by atoms with Gasteiger partial charge in [0, 0.05) is 10.9 Å². The number of aromatic nitrogens is 1. The minimum absolute atomic E-state index is 0. The lowest BCUT2D eigenvalue weighted by atomic mass is 10.3. The van der Waals surface area contributed by atoms with Crippen molar-refractivity contribution >= 4 is 41.3 Å². The molecule has 0 saturated carbocycles. The van der Waals surface area contributed by atoms with Crippen molar-refractivity contribution in [1.29, 1.82) is 0 Å². The fourth-order valence-electron chi connectivity index (χ4n) is 1.28. The Balaban J connectivity index is 0.00000256. The maximum absolute atomic E-state index is 5.77. The molecule has 1 heterocycles. The van der Waals surface area contributed by atoms with Crippen LogP contribution in [-0.2, 0) is 6.54 Å². The first-order chi connectivity index (χ1) is 7.52. The van der Waals surface area contributed by atoms with Crippen LogP contribution in [-0.4, -0.2) is 17.0 Å². The van der Waals surface area contributed by atoms with Crippen molar-refractivity contribution in [3.8, 4) is 0 Å². The van der Waals surface area contributed by atoms with Gasteiger partial charge in [0.1, 0.15) is 0 Å². The van der Waals surface area contributed by atoms with Crippen LogP contribution < -0.4 is 11.1 Å². The van der Waals surface area contributed by atoms with E-state index in [0.29, 0.717) is 18.5 Å². The van der Waals surface area contributed by atoms with Crippen LogP contribution in [0.1, 0.15) is 35.8 Å². The molecule has 0 aliphatic carbocycles. The van der Waals surface area contributed by atoms with Crippen molar-refractivity contribution < 1.29 is 0 Å². The van der Waals surface area contributed by atoms with E-state index >= 15 is 0 Å². The molecular formula is C11H21IN4S. The molecule has 1 aromatic rings. The van der Waals surface area contributed by atoms with Crippen LogP contribution in [0.3, 0.4) is 0 Å². The van der Waals surface area contributed by atoms with Crippen LogP contribution in [0.4, 0.5) is 0 Å². The zero-order valence-electron chi connectivity index (χ0n) is 10.8. The number of nitrogens with two attached hydrogens (primary N) is 1. The Morgan fingerprint density at radius 1 is 1.53 bits per heavy atom. The van der Waals surface area contributed by atoms with Crippen molar-refractivity contribution in [3.05, 3.63) is 15.6 Å². The van der Waals surface area contributed by atoms with Crippen LogP contribution >= 0.6 is 35.3 Å². The molecule has 3 N–H and O–H groups in total. The molecule has 0 spiro atoms. The summed E-state index contributed by atoms with van der Waals surface area (Å²) < 4.78 is 0. The van der Waals surface area contributed by atoms with Gasteiger partial charge in [0.15, 0.2) is 5.96 Å². The van der Waals surface area contributed by atoms with Crippen LogP contribution in [0.15, 0.2) is 4.99 Å². The lowest BCUT2D eigenvalue weighted by Gasteiger charge is -2.11. The number of rotatable bonds is 4. The van der Waals surface area contributed by atoms with E-state index in [4.69, 9.17) is 5.73 Å². The van der Waals surface area contributed by atoms with E-state index < -0.39 is 0 Å². The van der Waals surface area contributed by atoms with Crippen molar-refractivity contribution in [3.63, 3.8) is 0 Å². The standard InChI is InChI=1S/C11H20N4S.HI/c1-5-7(2)14-11(12)13-6-10-8(3)16-9(4)15-10;/h7H,5-6H2,1-4H3,(H3,12,13,14);1H. The second kappa shape index (κ2) is 7.86. The molecule has 0 aliphatic rings. The highest BCUT2D eigenvalue weighted by Crippen LogP contribution is 2.16. The van der Waals surface area contributed by atoms with E-state index in [2.05, 4.69) is 36.1 Å². The highest BCUT2D eigenvalue weighted by atomic mass is 127. The quantitative estimate of drug-likeness (QED) is 0.488. The molecular weight excluding hydrogens is 347 g/mol. The van der Waals surface area contributed by atoms with Gasteiger partial charge in [-0.05, 0) is 27.2 Å². The highest BCUT2D eigenvalue weighted by Gasteiger charge is 2.04. The van der Waals surface area contributed by atoms with Gasteiger partial charge in [-0.1, -0.05) is 6.92 Å². The topological polar surface area (TPSA) is 63.3 Å². The third-order valence-electron chi connectivity index (χ3n) is 2.41. The maximum atomic E-state index is 5.77. The van der Waals surface area contributed by atoms with Crippen molar-refractivity contribution in [1.82, 2.24) is 10.3 Å². The summed E-state index contributed by atoms with van der Waals surface area (Å²) in [5, 5.41) is 4.21. The second-order valence-corrected chi connectivity index (χ2v) is 5.30. The lowest BCUT2D eigenvalue weighted by molar-refractivity contribution is 0.636. The molecule has 1 unspecified atom stereocenters. The predicted molar refractivity (Wildman–Crippen MR) is 85.2 cm³/mol. The molecule has 0 aromatic carbocycles. The van der Waals surface area contributed by atoms with Crippen molar-refractivity contribution in [2.75, 3.05) is 0 Å². The normalized spacial score (nSPS) is 13.1. The number of hydrogen-bond donors (Lipinski definition) is 2. The Hall–Kier alpha value is -0.370. The predicted octanol–water partition coefficient (Wildman–Crippen LogP) is 2.58. The van der Waals surface area contributed by atoms with Gasteiger partial charge in [-0.3, -0.25) is 0 Å². The van der Waals surface area contributed by atoms with Gasteiger partial charge >= 0.3 is 0 Å². The monoisotopic (exact) mass is 368 g/mol. The smallest absolute Gasteiger partial charge is 0.189 e. The number of aryl methyl sites for hydroxylation is 2. The average molecular weight is 368 g/mol. The van der Waals surface area contributed by atoms with Crippen molar-refractivity contribution in [2.24, 2.45) is 10.7 Å². The molecule has 0 fully saturated rings. The average Bonchev–Trinajstić information content (AvgIpc) is 2.54. The molecule has 1 aromatic heterocycles. The first kappa shape index (κ1) is 16.6. The summed E-state index contributed by atoms with van der Waals surface area (Å²) in [5.74, 6) is 0.499. The van der Waals surface area contributed by atoms with E-state index in [1.54, 1.807) is 11.3 Å². The zero-order valence-corrected chi connectivity index (χ0v) is 13.9. The van der Waals surface area contributed by atoms with Gasteiger partial charge in [-0.2, -0.15) is 0 Å². The van der Waals surface area contributed by atoms with Gasteiger partial charge in [-0.25, -0.2) is 9.98 Å². The summed E-state index contributed by atoms with van der Waals surface area (Å²) in [6, 6.07) is 0.363. The molecule has 0 amide bonds. The minimum Gasteiger partial charge on any atom is -0.370 e. The van der Waals surface area contributed by atoms with Crippen LogP contribution in [0.5, 0.6) is 0 Å². The molecule has 1 atom stereocenters. The van der Waals surface area contributed by atoms with E-state index in [-0.39, 0.29) is 24.0 Å². The zero-order chi connectivity index (χ0) is 12.1. The van der Waals surface area contributed by atoms with E-state index in [0.717, 1.165) is 17.1 Å². The number of nitrogens with one attached hydrogen (secondary N) is 1. The Bertz CT molecular complexity index is 376. The Morgan fingerprint density at radius 2 is 2.18 bits per heavy atom. The molecule has 0 radical (unpaired) electrons. The molecule has 1 rings (SSSR count). The lowest BCUT2D eigenvalue weighted by Crippen LogP contribution is -2.38.